The third kappa shape index (κ3) is 7.15. The predicted molar refractivity (Wildman–Crippen MR) is 103 cm³/mol. The molecule has 0 amide bonds. The molecule has 0 aliphatic rings. The van der Waals surface area contributed by atoms with Gasteiger partial charge in [0.2, 0.25) is 0 Å². The van der Waals surface area contributed by atoms with E-state index in [2.05, 4.69) is 4.98 Å². The summed E-state index contributed by atoms with van der Waals surface area (Å²) < 4.78 is 22.0. The fraction of sp³-hybridized carbons (Fsp3) is 0.700. The van der Waals surface area contributed by atoms with Gasteiger partial charge in [0, 0.05) is 0 Å². The van der Waals surface area contributed by atoms with Crippen LogP contribution in [-0.2, 0) is 9.47 Å². The van der Waals surface area contributed by atoms with Crippen LogP contribution in [0.15, 0.2) is 0 Å². The molecule has 154 valence electrons. The number of esters is 2. The standard InChI is InChI=1S/C20H33NO6/c1-9-24-17(22)13-15(26-11-19(3,4)5)16(27-12-20(6,7)8)14(21-13)18(23)25-10-2/h21H,9-12H2,1-8H3. The van der Waals surface area contributed by atoms with Crippen LogP contribution in [0.1, 0.15) is 76.4 Å². The van der Waals surface area contributed by atoms with Crippen molar-refractivity contribution in [1.82, 2.24) is 4.98 Å². The number of H-pyrrole nitrogens is 1. The Kier molecular flexibility index (Phi) is 7.75. The van der Waals surface area contributed by atoms with Crippen molar-refractivity contribution in [2.45, 2.75) is 55.4 Å². The van der Waals surface area contributed by atoms with Gasteiger partial charge < -0.3 is 23.9 Å². The second kappa shape index (κ2) is 9.15. The molecule has 7 heteroatoms. The van der Waals surface area contributed by atoms with Gasteiger partial charge in [-0.2, -0.15) is 0 Å². The maximum atomic E-state index is 12.4. The first-order valence-corrected chi connectivity index (χ1v) is 9.25. The van der Waals surface area contributed by atoms with E-state index in [0.717, 1.165) is 0 Å². The number of carbonyl (C=O) groups is 2. The van der Waals surface area contributed by atoms with Crippen LogP contribution >= 0.6 is 0 Å². The van der Waals surface area contributed by atoms with Crippen LogP contribution in [0.2, 0.25) is 0 Å². The Hall–Kier alpha value is -2.18. The summed E-state index contributed by atoms with van der Waals surface area (Å²) >= 11 is 0. The van der Waals surface area contributed by atoms with E-state index in [0.29, 0.717) is 13.2 Å². The van der Waals surface area contributed by atoms with Gasteiger partial charge in [0.05, 0.1) is 26.4 Å². The normalized spacial score (nSPS) is 11.9. The van der Waals surface area contributed by atoms with E-state index in [9.17, 15) is 9.59 Å². The van der Waals surface area contributed by atoms with Crippen molar-refractivity contribution in [2.75, 3.05) is 26.4 Å². The van der Waals surface area contributed by atoms with E-state index in [-0.39, 0.29) is 46.9 Å². The first-order valence-electron chi connectivity index (χ1n) is 9.25. The number of carbonyl (C=O) groups excluding carboxylic acids is 2. The molecule has 7 nitrogen and oxygen atoms in total. The van der Waals surface area contributed by atoms with Gasteiger partial charge in [-0.05, 0) is 24.7 Å². The second-order valence-electron chi connectivity index (χ2n) is 8.67. The number of nitrogens with one attached hydrogen (secondary N) is 1. The molecule has 0 aliphatic heterocycles. The smallest absolute Gasteiger partial charge is 0.358 e. The summed E-state index contributed by atoms with van der Waals surface area (Å²) in [5, 5.41) is 0. The number of hydrogen-bond donors (Lipinski definition) is 1. The van der Waals surface area contributed by atoms with Gasteiger partial charge in [-0.15, -0.1) is 0 Å². The monoisotopic (exact) mass is 383 g/mol. The van der Waals surface area contributed by atoms with Crippen molar-refractivity contribution in [3.05, 3.63) is 11.4 Å². The van der Waals surface area contributed by atoms with E-state index in [4.69, 9.17) is 18.9 Å². The molecule has 0 aromatic carbocycles. The molecule has 1 N–H and O–H groups in total. The predicted octanol–water partition coefficient (Wildman–Crippen LogP) is 4.22. The number of aromatic amines is 1. The highest BCUT2D eigenvalue weighted by Gasteiger charge is 2.32. The molecule has 0 fully saturated rings. The molecule has 0 radical (unpaired) electrons. The van der Waals surface area contributed by atoms with Crippen LogP contribution < -0.4 is 9.47 Å². The van der Waals surface area contributed by atoms with Crippen LogP contribution in [0, 0.1) is 10.8 Å². The largest absolute Gasteiger partial charge is 0.487 e. The summed E-state index contributed by atoms with van der Waals surface area (Å²) in [6, 6.07) is 0. The van der Waals surface area contributed by atoms with E-state index >= 15 is 0 Å². The highest BCUT2D eigenvalue weighted by molar-refractivity contribution is 5.99. The Labute approximate surface area is 161 Å². The highest BCUT2D eigenvalue weighted by atomic mass is 16.6. The molecule has 0 saturated heterocycles. The summed E-state index contributed by atoms with van der Waals surface area (Å²) in [6.45, 7) is 16.5. The molecule has 1 rings (SSSR count). The number of aromatic nitrogens is 1. The summed E-state index contributed by atoms with van der Waals surface area (Å²) in [7, 11) is 0. The Bertz CT molecular complexity index is 594. The first kappa shape index (κ1) is 22.9. The van der Waals surface area contributed by atoms with Crippen molar-refractivity contribution in [2.24, 2.45) is 10.8 Å². The molecular formula is C20H33NO6. The van der Waals surface area contributed by atoms with E-state index in [1.807, 2.05) is 41.5 Å². The molecule has 0 saturated carbocycles. The van der Waals surface area contributed by atoms with Gasteiger partial charge >= 0.3 is 11.9 Å². The molecular weight excluding hydrogens is 350 g/mol. The summed E-state index contributed by atoms with van der Waals surface area (Å²) in [5.41, 5.74) is -0.218. The topological polar surface area (TPSA) is 86.9 Å². The van der Waals surface area contributed by atoms with Crippen molar-refractivity contribution in [3.63, 3.8) is 0 Å². The van der Waals surface area contributed by atoms with Crippen molar-refractivity contribution in [1.29, 1.82) is 0 Å². The van der Waals surface area contributed by atoms with Gasteiger partial charge in [0.15, 0.2) is 22.9 Å². The minimum absolute atomic E-state index is 0.0491. The van der Waals surface area contributed by atoms with E-state index in [1.165, 1.54) is 0 Å². The third-order valence-electron chi connectivity index (χ3n) is 3.17. The lowest BCUT2D eigenvalue weighted by Crippen LogP contribution is -2.20. The number of hydrogen-bond acceptors (Lipinski definition) is 6. The van der Waals surface area contributed by atoms with Gasteiger partial charge in [0.25, 0.3) is 0 Å². The zero-order valence-corrected chi connectivity index (χ0v) is 17.8. The lowest BCUT2D eigenvalue weighted by molar-refractivity contribution is 0.0512. The maximum Gasteiger partial charge on any atom is 0.358 e. The molecule has 0 spiro atoms. The fourth-order valence-electron chi connectivity index (χ4n) is 2.01. The lowest BCUT2D eigenvalue weighted by atomic mass is 9.98. The Morgan fingerprint density at radius 2 is 1.07 bits per heavy atom. The van der Waals surface area contributed by atoms with E-state index in [1.54, 1.807) is 13.8 Å². The zero-order chi connectivity index (χ0) is 20.8. The Morgan fingerprint density at radius 1 is 0.741 bits per heavy atom. The first-order chi connectivity index (χ1) is 12.4. The molecule has 0 unspecified atom stereocenters. The van der Waals surface area contributed by atoms with Gasteiger partial charge in [0.1, 0.15) is 0 Å². The Balaban J connectivity index is 3.42. The van der Waals surface area contributed by atoms with Crippen molar-refractivity contribution >= 4 is 11.9 Å². The molecule has 1 heterocycles. The number of ether oxygens (including phenoxy) is 4. The molecule has 27 heavy (non-hydrogen) atoms. The average molecular weight is 383 g/mol. The summed E-state index contributed by atoms with van der Waals surface area (Å²) in [5.74, 6) is -0.874. The van der Waals surface area contributed by atoms with Crippen LogP contribution in [0.25, 0.3) is 0 Å². The van der Waals surface area contributed by atoms with Crippen molar-refractivity contribution < 1.29 is 28.5 Å². The molecule has 0 bridgehead atoms. The van der Waals surface area contributed by atoms with Crippen LogP contribution in [0.3, 0.4) is 0 Å². The fourth-order valence-corrected chi connectivity index (χ4v) is 2.01. The maximum absolute atomic E-state index is 12.4. The zero-order valence-electron chi connectivity index (χ0n) is 17.8. The third-order valence-corrected chi connectivity index (χ3v) is 3.17. The molecule has 0 aliphatic carbocycles. The van der Waals surface area contributed by atoms with Gasteiger partial charge in [-0.3, -0.25) is 0 Å². The van der Waals surface area contributed by atoms with Crippen LogP contribution in [0.5, 0.6) is 11.5 Å². The minimum Gasteiger partial charge on any atom is -0.487 e. The van der Waals surface area contributed by atoms with E-state index < -0.39 is 11.9 Å². The number of rotatable bonds is 8. The quantitative estimate of drug-likeness (QED) is 0.677. The lowest BCUT2D eigenvalue weighted by Gasteiger charge is -2.22. The van der Waals surface area contributed by atoms with Gasteiger partial charge in [-0.25, -0.2) is 9.59 Å². The van der Waals surface area contributed by atoms with Crippen LogP contribution in [-0.4, -0.2) is 43.4 Å². The van der Waals surface area contributed by atoms with Crippen molar-refractivity contribution in [3.8, 4) is 11.5 Å². The van der Waals surface area contributed by atoms with Gasteiger partial charge in [-0.1, -0.05) is 41.5 Å². The second-order valence-corrected chi connectivity index (χ2v) is 8.67. The highest BCUT2D eigenvalue weighted by Crippen LogP contribution is 2.38. The molecule has 1 aromatic heterocycles. The molecule has 0 atom stereocenters. The summed E-state index contributed by atoms with van der Waals surface area (Å²) in [4.78, 5) is 27.6. The Morgan fingerprint density at radius 3 is 1.33 bits per heavy atom. The van der Waals surface area contributed by atoms with Crippen LogP contribution in [0.4, 0.5) is 0 Å². The minimum atomic E-state index is -0.613. The SMILES string of the molecule is CCOC(=O)c1[nH]c(C(=O)OCC)c(OCC(C)(C)C)c1OCC(C)(C)C. The average Bonchev–Trinajstić information content (AvgIpc) is 2.89. The molecule has 1 aromatic rings. The summed E-state index contributed by atoms with van der Waals surface area (Å²) in [6.07, 6.45) is 0.